The zero-order valence-electron chi connectivity index (χ0n) is 19.7. The number of esters is 1. The van der Waals surface area contributed by atoms with Crippen molar-refractivity contribution in [3.05, 3.63) is 65.5 Å². The molecule has 1 aliphatic heterocycles. The second-order valence-electron chi connectivity index (χ2n) is 8.89. The van der Waals surface area contributed by atoms with E-state index in [1.54, 1.807) is 13.0 Å². The Balaban J connectivity index is 1.64. The van der Waals surface area contributed by atoms with Crippen LogP contribution >= 0.6 is 0 Å². The fraction of sp³-hybridized carbons (Fsp3) is 0.407. The van der Waals surface area contributed by atoms with Crippen LogP contribution < -0.4 is 4.90 Å². The maximum atomic E-state index is 14.6. The quantitative estimate of drug-likeness (QED) is 0.345. The summed E-state index contributed by atoms with van der Waals surface area (Å²) in [6.07, 6.45) is 5.11. The lowest BCUT2D eigenvalue weighted by Crippen LogP contribution is -2.51. The number of imide groups is 1. The SMILES string of the molecule is CCOC(=O)c1ccc(N2C(=O)CC(N(C(=O)c3ccccc3F)C3CCCCCC3)C2=O)cc1. The molecule has 1 saturated carbocycles. The van der Waals surface area contributed by atoms with Gasteiger partial charge in [-0.05, 0) is 56.2 Å². The molecule has 0 spiro atoms. The van der Waals surface area contributed by atoms with Gasteiger partial charge in [-0.15, -0.1) is 0 Å². The first-order chi connectivity index (χ1) is 16.9. The molecule has 0 radical (unpaired) electrons. The van der Waals surface area contributed by atoms with E-state index in [0.717, 1.165) is 30.6 Å². The van der Waals surface area contributed by atoms with Crippen LogP contribution in [-0.2, 0) is 14.3 Å². The Labute approximate surface area is 203 Å². The van der Waals surface area contributed by atoms with Crippen LogP contribution in [0.25, 0.3) is 0 Å². The summed E-state index contributed by atoms with van der Waals surface area (Å²) in [6, 6.07) is 10.5. The molecule has 3 amide bonds. The van der Waals surface area contributed by atoms with Gasteiger partial charge in [-0.25, -0.2) is 14.1 Å². The molecule has 0 aromatic heterocycles. The van der Waals surface area contributed by atoms with Crippen molar-refractivity contribution in [3.63, 3.8) is 0 Å². The number of hydrogen-bond acceptors (Lipinski definition) is 5. The molecule has 4 rings (SSSR count). The van der Waals surface area contributed by atoms with Crippen LogP contribution in [-0.4, -0.2) is 47.3 Å². The van der Waals surface area contributed by atoms with Gasteiger partial charge in [-0.2, -0.15) is 0 Å². The highest BCUT2D eigenvalue weighted by molar-refractivity contribution is 6.23. The fourth-order valence-electron chi connectivity index (χ4n) is 4.94. The standard InChI is InChI=1S/C27H29FN2O5/c1-2-35-27(34)18-13-15-20(16-14-18)30-24(31)17-23(26(30)33)29(19-9-5-3-4-6-10-19)25(32)21-11-7-8-12-22(21)28/h7-8,11-16,19,23H,2-6,9-10,17H2,1H3. The van der Waals surface area contributed by atoms with Gasteiger partial charge in [0.15, 0.2) is 0 Å². The predicted octanol–water partition coefficient (Wildman–Crippen LogP) is 4.50. The number of ether oxygens (including phenoxy) is 1. The molecule has 1 saturated heterocycles. The number of amides is 3. The van der Waals surface area contributed by atoms with Crippen molar-refractivity contribution >= 4 is 29.4 Å². The number of nitrogens with zero attached hydrogens (tertiary/aromatic N) is 2. The van der Waals surface area contributed by atoms with Gasteiger partial charge >= 0.3 is 5.97 Å². The van der Waals surface area contributed by atoms with E-state index in [1.807, 2.05) is 0 Å². The van der Waals surface area contributed by atoms with E-state index in [4.69, 9.17) is 4.74 Å². The van der Waals surface area contributed by atoms with Crippen LogP contribution in [0.2, 0.25) is 0 Å². The smallest absolute Gasteiger partial charge is 0.338 e. The molecule has 1 aliphatic carbocycles. The fourth-order valence-corrected chi connectivity index (χ4v) is 4.94. The first kappa shape index (κ1) is 24.6. The molecule has 184 valence electrons. The highest BCUT2D eigenvalue weighted by Gasteiger charge is 2.47. The second kappa shape index (κ2) is 10.8. The maximum Gasteiger partial charge on any atom is 0.338 e. The lowest BCUT2D eigenvalue weighted by molar-refractivity contribution is -0.123. The molecule has 8 heteroatoms. The zero-order chi connectivity index (χ0) is 24.9. The molecule has 1 unspecified atom stereocenters. The van der Waals surface area contributed by atoms with E-state index in [0.29, 0.717) is 24.1 Å². The Kier molecular flexibility index (Phi) is 7.58. The summed E-state index contributed by atoms with van der Waals surface area (Å²) in [5.74, 6) is -2.68. The van der Waals surface area contributed by atoms with Crippen LogP contribution in [0.15, 0.2) is 48.5 Å². The van der Waals surface area contributed by atoms with E-state index < -0.39 is 35.5 Å². The highest BCUT2D eigenvalue weighted by Crippen LogP contribution is 2.32. The minimum Gasteiger partial charge on any atom is -0.462 e. The minimum absolute atomic E-state index is 0.103. The molecule has 2 aromatic carbocycles. The third-order valence-electron chi connectivity index (χ3n) is 6.65. The van der Waals surface area contributed by atoms with Gasteiger partial charge in [0.1, 0.15) is 11.9 Å². The van der Waals surface area contributed by atoms with Crippen molar-refractivity contribution in [2.75, 3.05) is 11.5 Å². The van der Waals surface area contributed by atoms with Crippen LogP contribution in [0.5, 0.6) is 0 Å². The Hall–Kier alpha value is -3.55. The van der Waals surface area contributed by atoms with Crippen molar-refractivity contribution in [2.45, 2.75) is 64.0 Å². The molecule has 2 aromatic rings. The maximum absolute atomic E-state index is 14.6. The van der Waals surface area contributed by atoms with E-state index >= 15 is 0 Å². The number of carbonyl (C=O) groups is 4. The Morgan fingerprint density at radius 1 is 1.00 bits per heavy atom. The Bertz CT molecular complexity index is 1110. The normalized spacial score (nSPS) is 18.9. The average molecular weight is 481 g/mol. The summed E-state index contributed by atoms with van der Waals surface area (Å²) in [5, 5.41) is 0. The number of anilines is 1. The molecular formula is C27H29FN2O5. The van der Waals surface area contributed by atoms with Crippen LogP contribution in [0.1, 0.15) is 72.6 Å². The lowest BCUT2D eigenvalue weighted by Gasteiger charge is -2.35. The number of benzene rings is 2. The van der Waals surface area contributed by atoms with Crippen molar-refractivity contribution < 1.29 is 28.3 Å². The summed E-state index contributed by atoms with van der Waals surface area (Å²) >= 11 is 0. The van der Waals surface area contributed by atoms with Gasteiger partial charge in [-0.1, -0.05) is 37.8 Å². The summed E-state index contributed by atoms with van der Waals surface area (Å²) < 4.78 is 19.5. The topological polar surface area (TPSA) is 84.0 Å². The van der Waals surface area contributed by atoms with Gasteiger partial charge in [0.2, 0.25) is 5.91 Å². The molecule has 35 heavy (non-hydrogen) atoms. The summed E-state index contributed by atoms with van der Waals surface area (Å²) in [4.78, 5) is 54.6. The number of carbonyl (C=O) groups excluding carboxylic acids is 4. The minimum atomic E-state index is -1.01. The molecular weight excluding hydrogens is 451 g/mol. The van der Waals surface area contributed by atoms with E-state index in [9.17, 15) is 23.6 Å². The van der Waals surface area contributed by atoms with Crippen molar-refractivity contribution in [1.29, 1.82) is 0 Å². The molecule has 0 bridgehead atoms. The number of halogens is 1. The molecule has 7 nitrogen and oxygen atoms in total. The first-order valence-electron chi connectivity index (χ1n) is 12.1. The molecule has 1 heterocycles. The third-order valence-corrected chi connectivity index (χ3v) is 6.65. The lowest BCUT2D eigenvalue weighted by atomic mass is 10.0. The Morgan fingerprint density at radius 3 is 2.29 bits per heavy atom. The largest absolute Gasteiger partial charge is 0.462 e. The summed E-state index contributed by atoms with van der Waals surface area (Å²) in [5.41, 5.74) is 0.519. The Morgan fingerprint density at radius 2 is 1.66 bits per heavy atom. The van der Waals surface area contributed by atoms with Crippen molar-refractivity contribution in [2.24, 2.45) is 0 Å². The first-order valence-corrected chi connectivity index (χ1v) is 12.1. The van der Waals surface area contributed by atoms with E-state index in [-0.39, 0.29) is 24.6 Å². The molecule has 1 atom stereocenters. The van der Waals surface area contributed by atoms with Gasteiger partial charge in [0.05, 0.1) is 29.8 Å². The van der Waals surface area contributed by atoms with Gasteiger partial charge in [0.25, 0.3) is 11.8 Å². The van der Waals surface area contributed by atoms with Crippen molar-refractivity contribution in [3.8, 4) is 0 Å². The zero-order valence-corrected chi connectivity index (χ0v) is 19.7. The van der Waals surface area contributed by atoms with Gasteiger partial charge < -0.3 is 9.64 Å². The van der Waals surface area contributed by atoms with E-state index in [1.165, 1.54) is 47.4 Å². The van der Waals surface area contributed by atoms with Crippen LogP contribution in [0.3, 0.4) is 0 Å². The van der Waals surface area contributed by atoms with Gasteiger partial charge in [0, 0.05) is 6.04 Å². The van der Waals surface area contributed by atoms with Gasteiger partial charge in [-0.3, -0.25) is 14.4 Å². The molecule has 0 N–H and O–H groups in total. The predicted molar refractivity (Wildman–Crippen MR) is 127 cm³/mol. The number of rotatable bonds is 6. The summed E-state index contributed by atoms with van der Waals surface area (Å²) in [7, 11) is 0. The highest BCUT2D eigenvalue weighted by atomic mass is 19.1. The number of hydrogen-bond donors (Lipinski definition) is 0. The average Bonchev–Trinajstić information content (AvgIpc) is 3.01. The van der Waals surface area contributed by atoms with Crippen molar-refractivity contribution in [1.82, 2.24) is 4.90 Å². The summed E-state index contributed by atoms with van der Waals surface area (Å²) in [6.45, 7) is 1.94. The van der Waals surface area contributed by atoms with Crippen LogP contribution in [0.4, 0.5) is 10.1 Å². The third kappa shape index (κ3) is 5.11. The monoisotopic (exact) mass is 480 g/mol. The molecule has 2 aliphatic rings. The second-order valence-corrected chi connectivity index (χ2v) is 8.89. The van der Waals surface area contributed by atoms with E-state index in [2.05, 4.69) is 0 Å². The van der Waals surface area contributed by atoms with Crippen LogP contribution in [0, 0.1) is 5.82 Å². The molecule has 2 fully saturated rings.